The standard InChI is InChI=1S/C19H28ClN3O.2ClH/c1-14(15-5-7-17(20)8-6-15)22-9-11-23(12-10-22)19(24)18-4-2-3-16(18)13-21;;/h5-8,14,16,18H,2-4,9-13,21H2,1H3;2*1H/t14?,16-,18-;;/m1../s1. The summed E-state index contributed by atoms with van der Waals surface area (Å²) in [5.74, 6) is 0.889. The molecule has 1 saturated heterocycles. The predicted octanol–water partition coefficient (Wildman–Crippen LogP) is 3.76. The third-order valence-electron chi connectivity index (χ3n) is 5.81. The monoisotopic (exact) mass is 421 g/mol. The number of halogens is 3. The van der Waals surface area contributed by atoms with Gasteiger partial charge in [-0.15, -0.1) is 24.8 Å². The fourth-order valence-electron chi connectivity index (χ4n) is 4.16. The number of nitrogens with zero attached hydrogens (tertiary/aromatic N) is 2. The summed E-state index contributed by atoms with van der Waals surface area (Å²) in [6.45, 7) is 6.37. The van der Waals surface area contributed by atoms with Crippen LogP contribution in [0.5, 0.6) is 0 Å². The second kappa shape index (κ2) is 10.7. The maximum atomic E-state index is 12.8. The van der Waals surface area contributed by atoms with E-state index in [1.807, 2.05) is 12.1 Å². The van der Waals surface area contributed by atoms with E-state index in [2.05, 4.69) is 28.9 Å². The van der Waals surface area contributed by atoms with Gasteiger partial charge in [0.25, 0.3) is 0 Å². The van der Waals surface area contributed by atoms with Gasteiger partial charge in [0.15, 0.2) is 0 Å². The number of benzene rings is 1. The van der Waals surface area contributed by atoms with E-state index < -0.39 is 0 Å². The summed E-state index contributed by atoms with van der Waals surface area (Å²) in [5, 5.41) is 0.771. The van der Waals surface area contributed by atoms with E-state index in [0.717, 1.165) is 50.5 Å². The number of rotatable bonds is 4. The summed E-state index contributed by atoms with van der Waals surface area (Å²) in [7, 11) is 0. The molecule has 1 aromatic rings. The molecule has 0 spiro atoms. The highest BCUT2D eigenvalue weighted by Crippen LogP contribution is 2.33. The Morgan fingerprint density at radius 1 is 1.15 bits per heavy atom. The Balaban J connectivity index is 0.00000169. The van der Waals surface area contributed by atoms with Crippen LogP contribution in [0.1, 0.15) is 37.8 Å². The third-order valence-corrected chi connectivity index (χ3v) is 6.06. The van der Waals surface area contributed by atoms with E-state index in [1.54, 1.807) is 0 Å². The average molecular weight is 423 g/mol. The Kier molecular flexibility index (Phi) is 9.70. The minimum Gasteiger partial charge on any atom is -0.340 e. The summed E-state index contributed by atoms with van der Waals surface area (Å²) < 4.78 is 0. The smallest absolute Gasteiger partial charge is 0.226 e. The van der Waals surface area contributed by atoms with Gasteiger partial charge in [0.05, 0.1) is 0 Å². The van der Waals surface area contributed by atoms with Crippen LogP contribution in [0.2, 0.25) is 5.02 Å². The van der Waals surface area contributed by atoms with Crippen LogP contribution in [0.25, 0.3) is 0 Å². The average Bonchev–Trinajstić information content (AvgIpc) is 3.10. The molecule has 1 aliphatic carbocycles. The molecule has 0 bridgehead atoms. The molecule has 148 valence electrons. The highest BCUT2D eigenvalue weighted by Gasteiger charge is 2.36. The van der Waals surface area contributed by atoms with Crippen molar-refractivity contribution in [3.63, 3.8) is 0 Å². The van der Waals surface area contributed by atoms with E-state index in [0.29, 0.717) is 24.4 Å². The van der Waals surface area contributed by atoms with Crippen molar-refractivity contribution in [2.45, 2.75) is 32.2 Å². The molecule has 1 saturated carbocycles. The third kappa shape index (κ3) is 5.26. The lowest BCUT2D eigenvalue weighted by Gasteiger charge is -2.39. The molecular weight excluding hydrogens is 393 g/mol. The van der Waals surface area contributed by atoms with Crippen molar-refractivity contribution in [1.82, 2.24) is 9.80 Å². The largest absolute Gasteiger partial charge is 0.340 e. The van der Waals surface area contributed by atoms with Crippen LogP contribution in [0.3, 0.4) is 0 Å². The zero-order valence-electron chi connectivity index (χ0n) is 15.3. The van der Waals surface area contributed by atoms with Crippen LogP contribution < -0.4 is 5.73 Å². The number of carbonyl (C=O) groups excluding carboxylic acids is 1. The molecular formula is C19H30Cl3N3O. The first-order valence-corrected chi connectivity index (χ1v) is 9.46. The summed E-state index contributed by atoms with van der Waals surface area (Å²) >= 11 is 5.98. The summed E-state index contributed by atoms with van der Waals surface area (Å²) in [4.78, 5) is 17.3. The summed E-state index contributed by atoms with van der Waals surface area (Å²) in [6.07, 6.45) is 3.27. The van der Waals surface area contributed by atoms with Crippen molar-refractivity contribution < 1.29 is 4.79 Å². The van der Waals surface area contributed by atoms with Crippen LogP contribution in [-0.2, 0) is 4.79 Å². The lowest BCUT2D eigenvalue weighted by molar-refractivity contribution is -0.138. The van der Waals surface area contributed by atoms with E-state index >= 15 is 0 Å². The van der Waals surface area contributed by atoms with Gasteiger partial charge in [-0.2, -0.15) is 0 Å². The molecule has 2 N–H and O–H groups in total. The quantitative estimate of drug-likeness (QED) is 0.803. The van der Waals surface area contributed by atoms with Gasteiger partial charge < -0.3 is 10.6 Å². The fraction of sp³-hybridized carbons (Fsp3) is 0.632. The van der Waals surface area contributed by atoms with Gasteiger partial charge in [0, 0.05) is 43.2 Å². The molecule has 1 heterocycles. The minimum atomic E-state index is 0. The fourth-order valence-corrected chi connectivity index (χ4v) is 4.29. The molecule has 2 aliphatic rings. The van der Waals surface area contributed by atoms with Crippen molar-refractivity contribution in [2.24, 2.45) is 17.6 Å². The van der Waals surface area contributed by atoms with E-state index in [9.17, 15) is 4.79 Å². The number of amides is 1. The lowest BCUT2D eigenvalue weighted by Crippen LogP contribution is -2.51. The Morgan fingerprint density at radius 3 is 2.35 bits per heavy atom. The minimum absolute atomic E-state index is 0. The van der Waals surface area contributed by atoms with Crippen molar-refractivity contribution in [1.29, 1.82) is 0 Å². The molecule has 4 nitrogen and oxygen atoms in total. The first-order chi connectivity index (χ1) is 11.6. The van der Waals surface area contributed by atoms with Gasteiger partial charge in [0.2, 0.25) is 5.91 Å². The Labute approximate surface area is 174 Å². The zero-order valence-corrected chi connectivity index (χ0v) is 17.7. The number of nitrogens with two attached hydrogens (primary N) is 1. The molecule has 1 amide bonds. The maximum Gasteiger partial charge on any atom is 0.226 e. The molecule has 1 unspecified atom stereocenters. The Bertz CT molecular complexity index is 562. The van der Waals surface area contributed by atoms with Gasteiger partial charge in [-0.25, -0.2) is 0 Å². The molecule has 7 heteroatoms. The number of hydrogen-bond donors (Lipinski definition) is 1. The van der Waals surface area contributed by atoms with Gasteiger partial charge in [0.1, 0.15) is 0 Å². The lowest BCUT2D eigenvalue weighted by atomic mass is 9.94. The molecule has 3 atom stereocenters. The van der Waals surface area contributed by atoms with Crippen molar-refractivity contribution >= 4 is 42.3 Å². The first-order valence-electron chi connectivity index (χ1n) is 9.08. The Hall–Kier alpha value is -0.520. The SMILES string of the molecule is CC(c1ccc(Cl)cc1)N1CCN(C(=O)[C@@H]2CCC[C@@H]2CN)CC1.Cl.Cl. The molecule has 2 fully saturated rings. The molecule has 26 heavy (non-hydrogen) atoms. The summed E-state index contributed by atoms with van der Waals surface area (Å²) in [5.41, 5.74) is 7.12. The zero-order chi connectivity index (χ0) is 17.1. The second-order valence-electron chi connectivity index (χ2n) is 7.12. The topological polar surface area (TPSA) is 49.6 Å². The van der Waals surface area contributed by atoms with E-state index in [-0.39, 0.29) is 30.7 Å². The van der Waals surface area contributed by atoms with E-state index in [1.165, 1.54) is 5.56 Å². The molecule has 1 aliphatic heterocycles. The van der Waals surface area contributed by atoms with Crippen LogP contribution in [0.15, 0.2) is 24.3 Å². The second-order valence-corrected chi connectivity index (χ2v) is 7.56. The van der Waals surface area contributed by atoms with Crippen LogP contribution in [-0.4, -0.2) is 48.4 Å². The highest BCUT2D eigenvalue weighted by atomic mass is 35.5. The van der Waals surface area contributed by atoms with Crippen molar-refractivity contribution in [3.8, 4) is 0 Å². The predicted molar refractivity (Wildman–Crippen MR) is 112 cm³/mol. The van der Waals surface area contributed by atoms with Gasteiger partial charge in [-0.05, 0) is 49.9 Å². The number of hydrogen-bond acceptors (Lipinski definition) is 3. The molecule has 0 aromatic heterocycles. The van der Waals surface area contributed by atoms with Gasteiger partial charge in [-0.3, -0.25) is 9.69 Å². The summed E-state index contributed by atoms with van der Waals surface area (Å²) in [6, 6.07) is 8.42. The molecule has 1 aromatic carbocycles. The van der Waals surface area contributed by atoms with Crippen LogP contribution in [0.4, 0.5) is 0 Å². The van der Waals surface area contributed by atoms with Gasteiger partial charge >= 0.3 is 0 Å². The maximum absolute atomic E-state index is 12.8. The highest BCUT2D eigenvalue weighted by molar-refractivity contribution is 6.30. The Morgan fingerprint density at radius 2 is 1.77 bits per heavy atom. The van der Waals surface area contributed by atoms with E-state index in [4.69, 9.17) is 17.3 Å². The number of carbonyl (C=O) groups is 1. The number of piperazine rings is 1. The molecule has 3 rings (SSSR count). The first kappa shape index (κ1) is 23.5. The normalized spacial score (nSPS) is 24.5. The van der Waals surface area contributed by atoms with Crippen LogP contribution in [0, 0.1) is 11.8 Å². The van der Waals surface area contributed by atoms with Crippen molar-refractivity contribution in [2.75, 3.05) is 32.7 Å². The molecule has 0 radical (unpaired) electrons. The van der Waals surface area contributed by atoms with Gasteiger partial charge in [-0.1, -0.05) is 30.2 Å². The van der Waals surface area contributed by atoms with Crippen LogP contribution >= 0.6 is 36.4 Å². The van der Waals surface area contributed by atoms with Crippen molar-refractivity contribution in [3.05, 3.63) is 34.9 Å².